The van der Waals surface area contributed by atoms with E-state index in [1.54, 1.807) is 19.2 Å². The molecule has 1 aromatic heterocycles. The smallest absolute Gasteiger partial charge is 0.205 e. The highest BCUT2D eigenvalue weighted by atomic mass is 127. The number of hydrogen-bond donors (Lipinski definition) is 1. The summed E-state index contributed by atoms with van der Waals surface area (Å²) in [5.74, 6) is 1.63. The minimum atomic E-state index is -0.189. The van der Waals surface area contributed by atoms with Gasteiger partial charge in [-0.25, -0.2) is 9.37 Å². The van der Waals surface area contributed by atoms with Gasteiger partial charge in [0.1, 0.15) is 11.6 Å². The number of aryl methyl sites for hydroxylation is 1. The molecule has 1 aromatic carbocycles. The lowest BCUT2D eigenvalue weighted by Gasteiger charge is -2.36. The number of guanidine groups is 1. The molecule has 0 amide bonds. The van der Waals surface area contributed by atoms with Crippen LogP contribution in [0.4, 0.5) is 9.52 Å². The summed E-state index contributed by atoms with van der Waals surface area (Å²) in [7, 11) is 1.80. The van der Waals surface area contributed by atoms with E-state index in [9.17, 15) is 4.39 Å². The fourth-order valence-electron chi connectivity index (χ4n) is 2.97. The lowest BCUT2D eigenvalue weighted by molar-refractivity contribution is 0.372. The fraction of sp³-hybridized carbons (Fsp3) is 0.500. The fourth-order valence-corrected chi connectivity index (χ4v) is 3.77. The van der Waals surface area contributed by atoms with Crippen molar-refractivity contribution in [1.82, 2.24) is 19.6 Å². The van der Waals surface area contributed by atoms with Crippen molar-refractivity contribution >= 4 is 46.6 Å². The minimum Gasteiger partial charge on any atom is -0.356 e. The zero-order chi connectivity index (χ0) is 18.4. The second-order valence-corrected chi connectivity index (χ2v) is 6.91. The Balaban J connectivity index is 0.00000261. The van der Waals surface area contributed by atoms with Crippen molar-refractivity contribution in [2.75, 3.05) is 44.7 Å². The SMILES string of the molecule is CCc1nsc(N2CCN(C(=NC)NCCc3cccc(F)c3)CC2)n1.I. The van der Waals surface area contributed by atoms with E-state index in [0.29, 0.717) is 0 Å². The van der Waals surface area contributed by atoms with Gasteiger partial charge in [0.15, 0.2) is 5.96 Å². The summed E-state index contributed by atoms with van der Waals surface area (Å²) >= 11 is 1.48. The van der Waals surface area contributed by atoms with Crippen LogP contribution in [-0.4, -0.2) is 60.0 Å². The molecule has 0 spiro atoms. The summed E-state index contributed by atoms with van der Waals surface area (Å²) in [6.45, 7) is 6.39. The molecule has 1 fully saturated rings. The molecular weight excluding hydrogens is 478 g/mol. The lowest BCUT2D eigenvalue weighted by Crippen LogP contribution is -2.52. The van der Waals surface area contributed by atoms with E-state index >= 15 is 0 Å². The molecule has 0 unspecified atom stereocenters. The van der Waals surface area contributed by atoms with Crippen LogP contribution in [0.5, 0.6) is 0 Å². The number of nitrogens with zero attached hydrogens (tertiary/aromatic N) is 5. The highest BCUT2D eigenvalue weighted by Gasteiger charge is 2.21. The lowest BCUT2D eigenvalue weighted by atomic mass is 10.1. The van der Waals surface area contributed by atoms with Gasteiger partial charge in [0.2, 0.25) is 5.13 Å². The third-order valence-corrected chi connectivity index (χ3v) is 5.24. The number of nitrogens with one attached hydrogen (secondary N) is 1. The number of rotatable bonds is 5. The van der Waals surface area contributed by atoms with E-state index in [1.807, 2.05) is 6.07 Å². The molecule has 0 radical (unpaired) electrons. The quantitative estimate of drug-likeness (QED) is 0.386. The maximum Gasteiger partial charge on any atom is 0.205 e. The number of anilines is 1. The van der Waals surface area contributed by atoms with Crippen LogP contribution in [0, 0.1) is 5.82 Å². The summed E-state index contributed by atoms with van der Waals surface area (Å²) in [6.07, 6.45) is 1.64. The standard InChI is InChI=1S/C18H25FN6S.HI/c1-3-16-22-18(26-23-16)25-11-9-24(10-12-25)17(20-2)21-8-7-14-5-4-6-15(19)13-14;/h4-6,13H,3,7-12H2,1-2H3,(H,20,21);1H. The topological polar surface area (TPSA) is 56.7 Å². The van der Waals surface area contributed by atoms with Crippen molar-refractivity contribution in [3.63, 3.8) is 0 Å². The normalized spacial score (nSPS) is 14.9. The molecule has 148 valence electrons. The van der Waals surface area contributed by atoms with Crippen LogP contribution in [0.25, 0.3) is 0 Å². The molecule has 1 N–H and O–H groups in total. The maximum absolute atomic E-state index is 13.2. The Hall–Kier alpha value is -1.49. The minimum absolute atomic E-state index is 0. The Labute approximate surface area is 181 Å². The number of aliphatic imine (C=N–C) groups is 1. The molecule has 9 heteroatoms. The zero-order valence-electron chi connectivity index (χ0n) is 15.7. The van der Waals surface area contributed by atoms with E-state index in [2.05, 4.69) is 36.4 Å². The molecule has 0 saturated carbocycles. The molecule has 6 nitrogen and oxygen atoms in total. The number of piperazine rings is 1. The molecule has 0 atom stereocenters. The van der Waals surface area contributed by atoms with Crippen LogP contribution < -0.4 is 10.2 Å². The molecule has 1 saturated heterocycles. The average Bonchev–Trinajstić information content (AvgIpc) is 3.15. The van der Waals surface area contributed by atoms with Crippen LogP contribution in [0.1, 0.15) is 18.3 Å². The number of halogens is 2. The summed E-state index contributed by atoms with van der Waals surface area (Å²) in [4.78, 5) is 13.5. The Morgan fingerprint density at radius 1 is 1.30 bits per heavy atom. The molecule has 2 aromatic rings. The van der Waals surface area contributed by atoms with E-state index in [0.717, 1.165) is 68.0 Å². The summed E-state index contributed by atoms with van der Waals surface area (Å²) in [5.41, 5.74) is 0.987. The molecule has 1 aliphatic rings. The predicted octanol–water partition coefficient (Wildman–Crippen LogP) is 2.80. The Morgan fingerprint density at radius 3 is 2.70 bits per heavy atom. The third-order valence-electron chi connectivity index (χ3n) is 4.42. The van der Waals surface area contributed by atoms with Crippen LogP contribution in [0.15, 0.2) is 29.3 Å². The van der Waals surface area contributed by atoms with Gasteiger partial charge in [-0.2, -0.15) is 4.37 Å². The molecule has 3 rings (SSSR count). The van der Waals surface area contributed by atoms with E-state index in [-0.39, 0.29) is 29.8 Å². The van der Waals surface area contributed by atoms with Gasteiger partial charge < -0.3 is 15.1 Å². The summed E-state index contributed by atoms with van der Waals surface area (Å²) in [6, 6.07) is 6.74. The Bertz CT molecular complexity index is 745. The van der Waals surface area contributed by atoms with Crippen LogP contribution in [0.3, 0.4) is 0 Å². The van der Waals surface area contributed by atoms with Gasteiger partial charge in [-0.1, -0.05) is 19.1 Å². The van der Waals surface area contributed by atoms with Gasteiger partial charge in [-0.05, 0) is 24.1 Å². The van der Waals surface area contributed by atoms with Crippen molar-refractivity contribution in [2.45, 2.75) is 19.8 Å². The number of aromatic nitrogens is 2. The van der Waals surface area contributed by atoms with Gasteiger partial charge >= 0.3 is 0 Å². The monoisotopic (exact) mass is 504 g/mol. The number of hydrogen-bond acceptors (Lipinski definition) is 5. The first-order valence-corrected chi connectivity index (χ1v) is 9.74. The van der Waals surface area contributed by atoms with E-state index in [1.165, 1.54) is 17.6 Å². The zero-order valence-corrected chi connectivity index (χ0v) is 18.8. The molecule has 1 aliphatic heterocycles. The molecule has 2 heterocycles. The van der Waals surface area contributed by atoms with E-state index in [4.69, 9.17) is 0 Å². The molecule has 0 aliphatic carbocycles. The molecule has 27 heavy (non-hydrogen) atoms. The van der Waals surface area contributed by atoms with Gasteiger partial charge in [0.25, 0.3) is 0 Å². The first-order chi connectivity index (χ1) is 12.7. The molecule has 0 bridgehead atoms. The van der Waals surface area contributed by atoms with Crippen molar-refractivity contribution in [3.8, 4) is 0 Å². The predicted molar refractivity (Wildman–Crippen MR) is 120 cm³/mol. The van der Waals surface area contributed by atoms with Crippen LogP contribution in [0.2, 0.25) is 0 Å². The van der Waals surface area contributed by atoms with Gasteiger partial charge in [0, 0.05) is 57.7 Å². The first-order valence-electron chi connectivity index (χ1n) is 8.97. The van der Waals surface area contributed by atoms with E-state index < -0.39 is 0 Å². The van der Waals surface area contributed by atoms with Gasteiger partial charge in [0.05, 0.1) is 0 Å². The third kappa shape index (κ3) is 6.00. The second kappa shape index (κ2) is 10.7. The first kappa shape index (κ1) is 21.8. The largest absolute Gasteiger partial charge is 0.356 e. The average molecular weight is 504 g/mol. The van der Waals surface area contributed by atoms with Crippen molar-refractivity contribution in [1.29, 1.82) is 0 Å². The van der Waals surface area contributed by atoms with Gasteiger partial charge in [-0.15, -0.1) is 24.0 Å². The number of benzene rings is 1. The Kier molecular flexibility index (Phi) is 8.68. The van der Waals surface area contributed by atoms with Crippen molar-refractivity contribution in [2.24, 2.45) is 4.99 Å². The van der Waals surface area contributed by atoms with Crippen molar-refractivity contribution in [3.05, 3.63) is 41.5 Å². The summed E-state index contributed by atoms with van der Waals surface area (Å²) < 4.78 is 17.6. The van der Waals surface area contributed by atoms with Crippen LogP contribution >= 0.6 is 35.5 Å². The van der Waals surface area contributed by atoms with Crippen LogP contribution in [-0.2, 0) is 12.8 Å². The maximum atomic E-state index is 13.2. The highest BCUT2D eigenvalue weighted by Crippen LogP contribution is 2.19. The van der Waals surface area contributed by atoms with Crippen molar-refractivity contribution < 1.29 is 4.39 Å². The Morgan fingerprint density at radius 2 is 2.07 bits per heavy atom. The highest BCUT2D eigenvalue weighted by molar-refractivity contribution is 14.0. The summed E-state index contributed by atoms with van der Waals surface area (Å²) in [5, 5.41) is 4.39. The second-order valence-electron chi connectivity index (χ2n) is 6.17. The van der Waals surface area contributed by atoms with Gasteiger partial charge in [-0.3, -0.25) is 4.99 Å². The molecular formula is C18H26FIN6S.